The maximum absolute atomic E-state index is 6.19. The van der Waals surface area contributed by atoms with E-state index in [4.69, 9.17) is 28.2 Å². The van der Waals surface area contributed by atoms with Gasteiger partial charge in [-0.2, -0.15) is 0 Å². The van der Waals surface area contributed by atoms with Gasteiger partial charge in [0, 0.05) is 34.1 Å². The highest BCUT2D eigenvalue weighted by molar-refractivity contribution is 6.34. The zero-order valence-corrected chi connectivity index (χ0v) is 16.7. The Labute approximate surface area is 159 Å². The van der Waals surface area contributed by atoms with Gasteiger partial charge in [0.25, 0.3) is 0 Å². The summed E-state index contributed by atoms with van der Waals surface area (Å²) in [4.78, 5) is 9.13. The molecular formula is C20H23Cl2N3. The number of benzene rings is 1. The highest BCUT2D eigenvalue weighted by Gasteiger charge is 2.60. The van der Waals surface area contributed by atoms with Gasteiger partial charge in [0.15, 0.2) is 0 Å². The lowest BCUT2D eigenvalue weighted by Crippen LogP contribution is -1.93. The number of hydrogen-bond donors (Lipinski definition) is 0. The van der Waals surface area contributed by atoms with Crippen molar-refractivity contribution in [1.29, 1.82) is 0 Å². The van der Waals surface area contributed by atoms with Crippen LogP contribution in [0, 0.1) is 12.3 Å². The zero-order valence-electron chi connectivity index (χ0n) is 15.2. The Hall–Kier alpha value is -1.58. The molecule has 4 rings (SSSR count). The van der Waals surface area contributed by atoms with Gasteiger partial charge in [-0.25, -0.2) is 9.97 Å². The van der Waals surface area contributed by atoms with E-state index in [1.165, 1.54) is 5.56 Å². The molecule has 5 heteroatoms. The maximum Gasteiger partial charge on any atom is 0.234 e. The predicted molar refractivity (Wildman–Crippen MR) is 105 cm³/mol. The third-order valence-corrected chi connectivity index (χ3v) is 5.48. The van der Waals surface area contributed by atoms with Gasteiger partial charge in [0.05, 0.1) is 5.69 Å². The van der Waals surface area contributed by atoms with Crippen molar-refractivity contribution in [2.45, 2.75) is 46.5 Å². The topological polar surface area (TPSA) is 30.2 Å². The molecule has 0 radical (unpaired) electrons. The largest absolute Gasteiger partial charge is 0.288 e. The van der Waals surface area contributed by atoms with Crippen LogP contribution in [0.2, 0.25) is 10.0 Å². The summed E-state index contributed by atoms with van der Waals surface area (Å²) in [7, 11) is 0. The quantitative estimate of drug-likeness (QED) is 0.527. The van der Waals surface area contributed by atoms with E-state index in [0.29, 0.717) is 21.9 Å². The molecule has 0 amide bonds. The summed E-state index contributed by atoms with van der Waals surface area (Å²) in [6.07, 6.45) is 3.78. The van der Waals surface area contributed by atoms with Crippen LogP contribution in [0.25, 0.3) is 5.78 Å². The van der Waals surface area contributed by atoms with Crippen LogP contribution in [0.15, 0.2) is 36.7 Å². The Morgan fingerprint density at radius 2 is 1.68 bits per heavy atom. The van der Waals surface area contributed by atoms with Gasteiger partial charge < -0.3 is 0 Å². The van der Waals surface area contributed by atoms with Crippen molar-refractivity contribution in [3.63, 3.8) is 0 Å². The van der Waals surface area contributed by atoms with Crippen LogP contribution in [-0.2, 0) is 0 Å². The van der Waals surface area contributed by atoms with Gasteiger partial charge in [0.2, 0.25) is 5.78 Å². The Morgan fingerprint density at radius 3 is 2.28 bits per heavy atom. The highest BCUT2D eigenvalue weighted by Crippen LogP contribution is 2.70. The van der Waals surface area contributed by atoms with Crippen LogP contribution < -0.4 is 0 Å². The molecule has 2 atom stereocenters. The van der Waals surface area contributed by atoms with E-state index in [1.807, 2.05) is 42.6 Å². The summed E-state index contributed by atoms with van der Waals surface area (Å²) >= 11 is 12.4. The molecule has 1 fully saturated rings. The number of nitrogens with zero attached hydrogens (tertiary/aromatic N) is 3. The average Bonchev–Trinajstić information content (AvgIpc) is 2.99. The van der Waals surface area contributed by atoms with Crippen molar-refractivity contribution >= 4 is 29.0 Å². The number of imidazole rings is 1. The number of halogens is 2. The molecule has 0 aliphatic heterocycles. The van der Waals surface area contributed by atoms with Gasteiger partial charge in [0.1, 0.15) is 0 Å². The van der Waals surface area contributed by atoms with Crippen LogP contribution >= 0.6 is 23.2 Å². The Balaban J connectivity index is 0.000000880. The molecule has 3 nitrogen and oxygen atoms in total. The Morgan fingerprint density at radius 1 is 1.04 bits per heavy atom. The fourth-order valence-corrected chi connectivity index (χ4v) is 4.38. The maximum atomic E-state index is 6.19. The molecule has 0 spiro atoms. The lowest BCUT2D eigenvalue weighted by Gasteiger charge is -2.04. The van der Waals surface area contributed by atoms with Gasteiger partial charge in [-0.1, -0.05) is 50.9 Å². The van der Waals surface area contributed by atoms with Gasteiger partial charge >= 0.3 is 0 Å². The van der Waals surface area contributed by atoms with E-state index < -0.39 is 0 Å². The van der Waals surface area contributed by atoms with E-state index in [2.05, 4.69) is 25.8 Å². The van der Waals surface area contributed by atoms with Crippen molar-refractivity contribution in [3.05, 3.63) is 63.7 Å². The summed E-state index contributed by atoms with van der Waals surface area (Å²) in [5.74, 6) is 1.46. The predicted octanol–water partition coefficient (Wildman–Crippen LogP) is 6.28. The van der Waals surface area contributed by atoms with Crippen LogP contribution in [0.4, 0.5) is 0 Å². The van der Waals surface area contributed by atoms with Gasteiger partial charge in [-0.05, 0) is 48.1 Å². The molecule has 1 aliphatic rings. The van der Waals surface area contributed by atoms with Crippen molar-refractivity contribution in [2.24, 2.45) is 5.41 Å². The molecule has 1 aromatic carbocycles. The molecular weight excluding hydrogens is 353 g/mol. The first kappa shape index (κ1) is 18.2. The molecule has 3 aromatic rings. The fourth-order valence-electron chi connectivity index (χ4n) is 3.84. The lowest BCUT2D eigenvalue weighted by molar-refractivity contribution is 0.597. The number of aryl methyl sites for hydroxylation is 1. The Kier molecular flexibility index (Phi) is 4.82. The molecule has 1 aliphatic carbocycles. The minimum absolute atomic E-state index is 0.122. The summed E-state index contributed by atoms with van der Waals surface area (Å²) in [6.45, 7) is 10.6. The first-order chi connectivity index (χ1) is 11.9. The van der Waals surface area contributed by atoms with E-state index in [0.717, 1.165) is 17.2 Å². The zero-order chi connectivity index (χ0) is 18.4. The number of aromatic nitrogens is 3. The molecule has 0 bridgehead atoms. The smallest absolute Gasteiger partial charge is 0.234 e. The number of rotatable bonds is 2. The summed E-state index contributed by atoms with van der Waals surface area (Å²) in [5, 5.41) is 1.37. The van der Waals surface area contributed by atoms with Crippen molar-refractivity contribution < 1.29 is 0 Å². The standard InChI is InChI=1S/C18H17Cl2N3.C2H6/c1-10-16(22-17-21-5-4-6-23(10)17)15-14(18(15,2)3)11-7-12(19)9-13(20)8-11;1-2/h4-9,14-15H,1-3H3;1-2H3/t14-,15+;/m1./s1. The van der Waals surface area contributed by atoms with E-state index in [9.17, 15) is 0 Å². The second-order valence-electron chi connectivity index (χ2n) is 6.85. The van der Waals surface area contributed by atoms with Crippen molar-refractivity contribution in [1.82, 2.24) is 14.4 Å². The summed E-state index contributed by atoms with van der Waals surface area (Å²) < 4.78 is 2.05. The van der Waals surface area contributed by atoms with Crippen molar-refractivity contribution in [3.8, 4) is 0 Å². The monoisotopic (exact) mass is 375 g/mol. The van der Waals surface area contributed by atoms with Crippen LogP contribution in [0.1, 0.15) is 56.5 Å². The summed E-state index contributed by atoms with van der Waals surface area (Å²) in [5.41, 5.74) is 3.58. The van der Waals surface area contributed by atoms with Gasteiger partial charge in [-0.3, -0.25) is 4.40 Å². The third-order valence-electron chi connectivity index (χ3n) is 5.05. The van der Waals surface area contributed by atoms with E-state index in [1.54, 1.807) is 12.3 Å². The normalized spacial score (nSPS) is 20.9. The van der Waals surface area contributed by atoms with Gasteiger partial charge in [-0.15, -0.1) is 0 Å². The first-order valence-electron chi connectivity index (χ1n) is 8.65. The van der Waals surface area contributed by atoms with Crippen LogP contribution in [0.3, 0.4) is 0 Å². The first-order valence-corrected chi connectivity index (χ1v) is 9.41. The molecule has 2 heterocycles. The SMILES string of the molecule is CC.Cc1c([C@@H]2[C@@H](c3cc(Cl)cc(Cl)c3)C2(C)C)nc2ncccn12. The van der Waals surface area contributed by atoms with Crippen molar-refractivity contribution in [2.75, 3.05) is 0 Å². The summed E-state index contributed by atoms with van der Waals surface area (Å²) in [6, 6.07) is 7.74. The highest BCUT2D eigenvalue weighted by atomic mass is 35.5. The fraction of sp³-hybridized carbons (Fsp3) is 0.400. The van der Waals surface area contributed by atoms with Crippen LogP contribution in [-0.4, -0.2) is 14.4 Å². The molecule has 1 saturated carbocycles. The number of hydrogen-bond acceptors (Lipinski definition) is 2. The van der Waals surface area contributed by atoms with E-state index >= 15 is 0 Å². The molecule has 0 unspecified atom stereocenters. The molecule has 0 N–H and O–H groups in total. The molecule has 2 aromatic heterocycles. The third kappa shape index (κ3) is 3.04. The number of fused-ring (bicyclic) bond motifs is 1. The lowest BCUT2D eigenvalue weighted by atomic mass is 10.0. The average molecular weight is 376 g/mol. The molecule has 0 saturated heterocycles. The molecule has 132 valence electrons. The minimum atomic E-state index is 0.122. The Bertz CT molecular complexity index is 894. The van der Waals surface area contributed by atoms with E-state index in [-0.39, 0.29) is 5.41 Å². The second kappa shape index (κ2) is 6.62. The minimum Gasteiger partial charge on any atom is -0.288 e. The van der Waals surface area contributed by atoms with Crippen LogP contribution in [0.5, 0.6) is 0 Å². The molecule has 25 heavy (non-hydrogen) atoms. The second-order valence-corrected chi connectivity index (χ2v) is 7.72.